The SMILES string of the molecule is CCCCCCCCCCCCCCC(NS(C)(=O)=O)C(NS(=O)(=O)CCCC)(NS(=O)(=O)c1ccccc1)S(N)(=O)=O. The zero-order valence-electron chi connectivity index (χ0n) is 25.8. The predicted molar refractivity (Wildman–Crippen MR) is 172 cm³/mol. The van der Waals surface area contributed by atoms with E-state index in [1.807, 2.05) is 9.44 Å². The summed E-state index contributed by atoms with van der Waals surface area (Å²) in [5.41, 5.74) is 0. The Hall–Kier alpha value is -1.14. The summed E-state index contributed by atoms with van der Waals surface area (Å²) >= 11 is 0. The van der Waals surface area contributed by atoms with Crippen LogP contribution in [0.4, 0.5) is 0 Å². The van der Waals surface area contributed by atoms with Gasteiger partial charge in [-0.25, -0.2) is 43.5 Å². The van der Waals surface area contributed by atoms with Gasteiger partial charge in [-0.3, -0.25) is 0 Å². The van der Waals surface area contributed by atoms with Crippen LogP contribution in [-0.4, -0.2) is 56.7 Å². The molecule has 0 radical (unpaired) electrons. The van der Waals surface area contributed by atoms with E-state index in [1.54, 1.807) is 13.0 Å². The second-order valence-electron chi connectivity index (χ2n) is 11.1. The number of nitrogens with two attached hydrogens (primary N) is 1. The minimum Gasteiger partial charge on any atom is -0.226 e. The van der Waals surface area contributed by atoms with Crippen molar-refractivity contribution in [2.75, 3.05) is 12.0 Å². The summed E-state index contributed by atoms with van der Waals surface area (Å²) in [4.78, 5) is -3.51. The molecule has 0 aliphatic heterocycles. The molecule has 0 saturated carbocycles. The summed E-state index contributed by atoms with van der Waals surface area (Å²) in [6.07, 6.45) is 13.2. The summed E-state index contributed by atoms with van der Waals surface area (Å²) < 4.78 is 110. The highest BCUT2D eigenvalue weighted by Crippen LogP contribution is 2.25. The van der Waals surface area contributed by atoms with E-state index in [0.29, 0.717) is 12.8 Å². The van der Waals surface area contributed by atoms with Crippen molar-refractivity contribution in [3.8, 4) is 0 Å². The Kier molecular flexibility index (Phi) is 17.4. The molecule has 1 aromatic carbocycles. The Balaban J connectivity index is 3.25. The van der Waals surface area contributed by atoms with Gasteiger partial charge < -0.3 is 0 Å². The van der Waals surface area contributed by atoms with Crippen LogP contribution in [0.15, 0.2) is 35.2 Å². The molecule has 0 bridgehead atoms. The summed E-state index contributed by atoms with van der Waals surface area (Å²) in [6.45, 7) is 3.91. The number of unbranched alkanes of at least 4 members (excludes halogenated alkanes) is 12. The van der Waals surface area contributed by atoms with Crippen LogP contribution >= 0.6 is 0 Å². The maximum Gasteiger partial charge on any atom is 0.245 e. The number of primary sulfonamides is 1. The molecule has 0 aromatic heterocycles. The number of benzene rings is 1. The average Bonchev–Trinajstić information content (AvgIpc) is 2.90. The molecule has 0 aliphatic rings. The Morgan fingerprint density at radius 1 is 0.674 bits per heavy atom. The number of hydrogen-bond acceptors (Lipinski definition) is 8. The van der Waals surface area contributed by atoms with E-state index in [-0.39, 0.29) is 24.2 Å². The predicted octanol–water partition coefficient (Wildman–Crippen LogP) is 3.64. The van der Waals surface area contributed by atoms with Crippen LogP contribution in [-0.2, 0) is 40.1 Å². The topological polar surface area (TPSA) is 199 Å². The molecular formula is C27H52N4O8S4. The van der Waals surface area contributed by atoms with Crippen LogP contribution in [0, 0.1) is 0 Å². The van der Waals surface area contributed by atoms with Gasteiger partial charge in [0.2, 0.25) is 45.1 Å². The second kappa shape index (κ2) is 18.7. The van der Waals surface area contributed by atoms with Gasteiger partial charge in [-0.1, -0.05) is 116 Å². The van der Waals surface area contributed by atoms with Gasteiger partial charge in [0.25, 0.3) is 0 Å². The van der Waals surface area contributed by atoms with E-state index in [2.05, 4.69) is 11.6 Å². The highest BCUT2D eigenvalue weighted by molar-refractivity contribution is 7.95. The standard InChI is InChI=1S/C27H52N4O8S4/c1-4-6-8-9-10-11-12-13-14-15-16-20-23-26(29-40(3,32)33)27(43(28,38)39,30-41(34,35)24-7-5-2)31-42(36,37)25-21-18-17-19-22-25/h17-19,21-22,26,29-31H,4-16,20,23-24H2,1-3H3,(H2,28,38,39). The van der Waals surface area contributed by atoms with Gasteiger partial charge >= 0.3 is 0 Å². The van der Waals surface area contributed by atoms with Crippen LogP contribution in [0.2, 0.25) is 0 Å². The Labute approximate surface area is 260 Å². The highest BCUT2D eigenvalue weighted by Gasteiger charge is 2.55. The van der Waals surface area contributed by atoms with Crippen molar-refractivity contribution in [2.24, 2.45) is 5.14 Å². The van der Waals surface area contributed by atoms with E-state index in [4.69, 9.17) is 5.14 Å². The fourth-order valence-electron chi connectivity index (χ4n) is 4.75. The van der Waals surface area contributed by atoms with Crippen molar-refractivity contribution in [3.05, 3.63) is 30.3 Å². The van der Waals surface area contributed by atoms with Gasteiger partial charge in [-0.15, -0.1) is 0 Å². The lowest BCUT2D eigenvalue weighted by molar-refractivity contribution is 0.338. The first kappa shape index (κ1) is 39.9. The van der Waals surface area contributed by atoms with Crippen LogP contribution in [0.5, 0.6) is 0 Å². The van der Waals surface area contributed by atoms with E-state index in [9.17, 15) is 33.7 Å². The van der Waals surface area contributed by atoms with Crippen molar-refractivity contribution in [3.63, 3.8) is 0 Å². The molecular weight excluding hydrogens is 637 g/mol. The van der Waals surface area contributed by atoms with Crippen molar-refractivity contribution < 1.29 is 33.7 Å². The van der Waals surface area contributed by atoms with Crippen LogP contribution < -0.4 is 19.3 Å². The number of sulfonamides is 4. The minimum atomic E-state index is -5.17. The summed E-state index contributed by atoms with van der Waals surface area (Å²) in [6, 6.07) is 4.92. The monoisotopic (exact) mass is 688 g/mol. The average molecular weight is 689 g/mol. The third kappa shape index (κ3) is 15.1. The molecule has 0 spiro atoms. The summed E-state index contributed by atoms with van der Waals surface area (Å²) in [7, 11) is -18.5. The van der Waals surface area contributed by atoms with Gasteiger partial charge in [0.15, 0.2) is 0 Å². The normalized spacial score (nSPS) is 15.3. The van der Waals surface area contributed by atoms with Crippen LogP contribution in [0.1, 0.15) is 110 Å². The largest absolute Gasteiger partial charge is 0.245 e. The third-order valence-electron chi connectivity index (χ3n) is 7.06. The molecule has 12 nitrogen and oxygen atoms in total. The maximum atomic E-state index is 13.4. The zero-order chi connectivity index (χ0) is 32.6. The molecule has 16 heteroatoms. The molecule has 5 N–H and O–H groups in total. The van der Waals surface area contributed by atoms with Gasteiger partial charge in [0.05, 0.1) is 22.9 Å². The molecule has 252 valence electrons. The van der Waals surface area contributed by atoms with Gasteiger partial charge in [-0.2, -0.15) is 9.44 Å². The van der Waals surface area contributed by atoms with Crippen molar-refractivity contribution >= 4 is 40.1 Å². The van der Waals surface area contributed by atoms with Crippen LogP contribution in [0.25, 0.3) is 0 Å². The summed E-state index contributed by atoms with van der Waals surface area (Å²) in [5.74, 6) is -0.530. The Morgan fingerprint density at radius 3 is 1.58 bits per heavy atom. The highest BCUT2D eigenvalue weighted by atomic mass is 32.2. The van der Waals surface area contributed by atoms with E-state index >= 15 is 0 Å². The fraction of sp³-hybridized carbons (Fsp3) is 0.778. The van der Waals surface area contributed by atoms with Gasteiger partial charge in [-0.05, 0) is 25.0 Å². The van der Waals surface area contributed by atoms with E-state index in [1.165, 1.54) is 62.8 Å². The molecule has 1 rings (SSSR count). The number of rotatable bonds is 25. The lowest BCUT2D eigenvalue weighted by Gasteiger charge is -2.39. The second-order valence-corrected chi connectivity index (χ2v) is 18.1. The molecule has 0 aliphatic carbocycles. The molecule has 0 saturated heterocycles. The molecule has 0 fully saturated rings. The van der Waals surface area contributed by atoms with Crippen molar-refractivity contribution in [1.29, 1.82) is 0 Å². The Morgan fingerprint density at radius 2 is 1.14 bits per heavy atom. The summed E-state index contributed by atoms with van der Waals surface area (Å²) in [5, 5.41) is 5.58. The third-order valence-corrected chi connectivity index (χ3v) is 12.4. The van der Waals surface area contributed by atoms with Gasteiger partial charge in [0, 0.05) is 0 Å². The minimum absolute atomic E-state index is 0.143. The van der Waals surface area contributed by atoms with Crippen LogP contribution in [0.3, 0.4) is 0 Å². The molecule has 0 heterocycles. The smallest absolute Gasteiger partial charge is 0.226 e. The molecule has 43 heavy (non-hydrogen) atoms. The first-order valence-electron chi connectivity index (χ1n) is 15.1. The first-order valence-corrected chi connectivity index (χ1v) is 21.7. The van der Waals surface area contributed by atoms with Crippen molar-refractivity contribution in [2.45, 2.75) is 126 Å². The zero-order valence-corrected chi connectivity index (χ0v) is 29.0. The van der Waals surface area contributed by atoms with E-state index < -0.39 is 56.9 Å². The lowest BCUT2D eigenvalue weighted by atomic mass is 10.0. The number of hydrogen-bond donors (Lipinski definition) is 4. The fourth-order valence-corrected chi connectivity index (χ4v) is 10.6. The molecule has 1 aromatic rings. The molecule has 0 amide bonds. The maximum absolute atomic E-state index is 13.4. The Bertz CT molecular complexity index is 1370. The van der Waals surface area contributed by atoms with Crippen molar-refractivity contribution in [1.82, 2.24) is 14.2 Å². The lowest BCUT2D eigenvalue weighted by Crippen LogP contribution is -2.75. The molecule has 2 unspecified atom stereocenters. The quantitative estimate of drug-likeness (QED) is 0.0882. The number of nitrogens with one attached hydrogen (secondary N) is 3. The van der Waals surface area contributed by atoms with Gasteiger partial charge in [0.1, 0.15) is 0 Å². The first-order chi connectivity index (χ1) is 20.0. The van der Waals surface area contributed by atoms with E-state index in [0.717, 1.165) is 31.9 Å². The molecule has 2 atom stereocenters.